The van der Waals surface area contributed by atoms with E-state index in [1.54, 1.807) is 0 Å². The van der Waals surface area contributed by atoms with Crippen LogP contribution in [0, 0.1) is 0 Å². The molecule has 4 heteroatoms. The van der Waals surface area contributed by atoms with Gasteiger partial charge in [-0.1, -0.05) is 42.5 Å². The van der Waals surface area contributed by atoms with Crippen LogP contribution in [0.3, 0.4) is 0 Å². The summed E-state index contributed by atoms with van der Waals surface area (Å²) in [5, 5.41) is 9.02. The Balaban J connectivity index is 2.38. The Labute approximate surface area is 94.9 Å². The minimum absolute atomic E-state index is 0.124. The van der Waals surface area contributed by atoms with E-state index in [9.17, 15) is 8.42 Å². The number of fused-ring (bicyclic) bond motifs is 1. The predicted molar refractivity (Wildman–Crippen MR) is 64.5 cm³/mol. The topological polar surface area (TPSA) is 57.9 Å². The van der Waals surface area contributed by atoms with E-state index in [0.717, 1.165) is 16.3 Å². The third-order valence-electron chi connectivity index (χ3n) is 2.52. The average Bonchev–Trinajstić information content (AvgIpc) is 2.25. The van der Waals surface area contributed by atoms with Crippen LogP contribution in [-0.4, -0.2) is 14.2 Å². The molecule has 2 rings (SSSR count). The summed E-state index contributed by atoms with van der Waals surface area (Å²) in [6.07, 6.45) is 0.396. The van der Waals surface area contributed by atoms with Gasteiger partial charge in [-0.05, 0) is 22.8 Å². The van der Waals surface area contributed by atoms with Gasteiger partial charge in [-0.15, -0.1) is 5.14 Å². The molecule has 0 amide bonds. The van der Waals surface area contributed by atoms with Gasteiger partial charge in [0, 0.05) is 0 Å². The zero-order chi connectivity index (χ0) is 11.6. The Morgan fingerprint density at radius 3 is 2.44 bits per heavy atom. The molecule has 0 aliphatic carbocycles. The summed E-state index contributed by atoms with van der Waals surface area (Å²) in [6.45, 7) is 0. The third kappa shape index (κ3) is 2.59. The molecule has 16 heavy (non-hydrogen) atoms. The van der Waals surface area contributed by atoms with Gasteiger partial charge in [-0.25, -0.2) is 8.42 Å². The maximum Gasteiger partial charge on any atom is 0.225 e. The summed E-state index contributed by atoms with van der Waals surface area (Å²) in [4.78, 5) is 0. The lowest BCUT2D eigenvalue weighted by Crippen LogP contribution is -2.08. The molecule has 0 unspecified atom stereocenters. The molecule has 0 heterocycles. The molecule has 2 aromatic carbocycles. The second-order valence-corrected chi connectivity index (χ2v) is 5.34. The molecule has 2 aromatic rings. The van der Waals surface area contributed by atoms with Gasteiger partial charge in [0.05, 0.1) is 5.75 Å². The largest absolute Gasteiger partial charge is 0.225 e. The molecule has 0 fully saturated rings. The van der Waals surface area contributed by atoms with E-state index >= 15 is 0 Å². The Morgan fingerprint density at radius 2 is 1.69 bits per heavy atom. The van der Waals surface area contributed by atoms with Crippen molar-refractivity contribution in [3.8, 4) is 0 Å². The van der Waals surface area contributed by atoms with Crippen LogP contribution < -0.4 is 5.14 Å². The molecule has 0 spiro atoms. The number of nitrogens with one attached hydrogen (secondary N) is 1. The van der Waals surface area contributed by atoms with Gasteiger partial charge in [-0.3, -0.25) is 0 Å². The van der Waals surface area contributed by atoms with Crippen LogP contribution in [-0.2, 0) is 16.4 Å². The highest BCUT2D eigenvalue weighted by atomic mass is 32.2. The summed E-state index contributed by atoms with van der Waals surface area (Å²) in [6, 6.07) is 13.7. The van der Waals surface area contributed by atoms with Crippen LogP contribution in [0.25, 0.3) is 10.8 Å². The van der Waals surface area contributed by atoms with Gasteiger partial charge < -0.3 is 0 Å². The molecule has 83 valence electrons. The van der Waals surface area contributed by atoms with Crippen LogP contribution in [0.5, 0.6) is 0 Å². The molecule has 0 aromatic heterocycles. The van der Waals surface area contributed by atoms with E-state index in [0.29, 0.717) is 6.42 Å². The molecule has 0 saturated carbocycles. The summed E-state index contributed by atoms with van der Waals surface area (Å²) in [7, 11) is -3.64. The van der Waals surface area contributed by atoms with E-state index < -0.39 is 10.0 Å². The molecule has 3 nitrogen and oxygen atoms in total. The van der Waals surface area contributed by atoms with Crippen molar-refractivity contribution in [1.29, 1.82) is 0 Å². The third-order valence-corrected chi connectivity index (χ3v) is 3.26. The first-order chi connectivity index (χ1) is 7.56. The van der Waals surface area contributed by atoms with E-state index in [-0.39, 0.29) is 5.75 Å². The van der Waals surface area contributed by atoms with Gasteiger partial charge in [0.25, 0.3) is 0 Å². The molecular weight excluding hydrogens is 222 g/mol. The number of aryl methyl sites for hydroxylation is 1. The zero-order valence-corrected chi connectivity index (χ0v) is 9.50. The second-order valence-electron chi connectivity index (χ2n) is 3.71. The normalized spacial score (nSPS) is 11.8. The lowest BCUT2D eigenvalue weighted by molar-refractivity contribution is 0.595. The highest BCUT2D eigenvalue weighted by molar-refractivity contribution is 7.88. The van der Waals surface area contributed by atoms with Crippen LogP contribution >= 0.6 is 0 Å². The van der Waals surface area contributed by atoms with Gasteiger partial charge in [-0.2, -0.15) is 0 Å². The first-order valence-corrected chi connectivity index (χ1v) is 6.65. The minimum Gasteiger partial charge on any atom is -0.211 e. The monoisotopic (exact) mass is 234 g/mol. The van der Waals surface area contributed by atoms with Crippen molar-refractivity contribution in [3.63, 3.8) is 0 Å². The first-order valence-electron chi connectivity index (χ1n) is 5.00. The molecule has 0 aliphatic heterocycles. The van der Waals surface area contributed by atoms with E-state index in [4.69, 9.17) is 5.14 Å². The maximum absolute atomic E-state index is 10.8. The van der Waals surface area contributed by atoms with Gasteiger partial charge in [0.2, 0.25) is 10.0 Å². The Morgan fingerprint density at radius 1 is 1.00 bits per heavy atom. The summed E-state index contributed by atoms with van der Waals surface area (Å²) in [5.74, 6) is -0.124. The maximum atomic E-state index is 10.8. The van der Waals surface area contributed by atoms with E-state index in [1.165, 1.54) is 0 Å². The van der Waals surface area contributed by atoms with Crippen molar-refractivity contribution in [2.75, 3.05) is 5.75 Å². The molecule has 0 aliphatic rings. The number of benzene rings is 2. The quantitative estimate of drug-likeness (QED) is 0.815. The molecular formula is C12H12NO2S. The Bertz CT molecular complexity index is 600. The van der Waals surface area contributed by atoms with Crippen molar-refractivity contribution in [1.82, 2.24) is 5.14 Å². The number of sulfonamides is 1. The van der Waals surface area contributed by atoms with Gasteiger partial charge in [0.15, 0.2) is 0 Å². The summed E-state index contributed by atoms with van der Waals surface area (Å²) < 4.78 is 21.6. The van der Waals surface area contributed by atoms with Crippen molar-refractivity contribution < 1.29 is 8.42 Å². The number of rotatable bonds is 3. The Kier molecular flexibility index (Phi) is 2.94. The van der Waals surface area contributed by atoms with Gasteiger partial charge >= 0.3 is 0 Å². The van der Waals surface area contributed by atoms with Crippen LogP contribution in [0.2, 0.25) is 0 Å². The summed E-state index contributed by atoms with van der Waals surface area (Å²) in [5.41, 5.74) is 0.980. The average molecular weight is 234 g/mol. The highest BCUT2D eigenvalue weighted by Crippen LogP contribution is 2.18. The second kappa shape index (κ2) is 4.23. The SMILES string of the molecule is [NH]S(=O)(=O)CCc1cccc2ccccc12. The van der Waals surface area contributed by atoms with Gasteiger partial charge in [0.1, 0.15) is 0 Å². The lowest BCUT2D eigenvalue weighted by Gasteiger charge is -2.05. The summed E-state index contributed by atoms with van der Waals surface area (Å²) >= 11 is 0. The molecule has 0 atom stereocenters. The molecule has 1 radical (unpaired) electrons. The van der Waals surface area contributed by atoms with Crippen molar-refractivity contribution in [2.24, 2.45) is 0 Å². The van der Waals surface area contributed by atoms with E-state index in [1.807, 2.05) is 42.5 Å². The molecule has 1 N–H and O–H groups in total. The standard InChI is InChI=1S/C12H12NO2S/c13-16(14,15)9-8-11-6-3-5-10-4-1-2-7-12(10)11/h1-7,13H,8-9H2. The predicted octanol–water partition coefficient (Wildman–Crippen LogP) is 2.00. The lowest BCUT2D eigenvalue weighted by atomic mass is 10.0. The fraction of sp³-hybridized carbons (Fsp3) is 0.167. The molecule has 0 bridgehead atoms. The highest BCUT2D eigenvalue weighted by Gasteiger charge is 2.06. The Hall–Kier alpha value is -1.39. The van der Waals surface area contributed by atoms with Crippen LogP contribution in [0.15, 0.2) is 42.5 Å². The minimum atomic E-state index is -3.64. The van der Waals surface area contributed by atoms with E-state index in [2.05, 4.69) is 0 Å². The van der Waals surface area contributed by atoms with Crippen molar-refractivity contribution >= 4 is 20.8 Å². The van der Waals surface area contributed by atoms with Crippen LogP contribution in [0.4, 0.5) is 0 Å². The zero-order valence-electron chi connectivity index (χ0n) is 8.68. The first kappa shape index (κ1) is 11.1. The van der Waals surface area contributed by atoms with Crippen molar-refractivity contribution in [2.45, 2.75) is 6.42 Å². The van der Waals surface area contributed by atoms with Crippen LogP contribution in [0.1, 0.15) is 5.56 Å². The smallest absolute Gasteiger partial charge is 0.211 e. The number of hydrogen-bond donors (Lipinski definition) is 0. The number of hydrogen-bond acceptors (Lipinski definition) is 2. The fourth-order valence-electron chi connectivity index (χ4n) is 1.75. The fourth-order valence-corrected chi connectivity index (χ4v) is 2.24. The van der Waals surface area contributed by atoms with Crippen molar-refractivity contribution in [3.05, 3.63) is 48.0 Å². The molecule has 0 saturated heterocycles.